The van der Waals surface area contributed by atoms with Crippen molar-refractivity contribution in [1.29, 1.82) is 0 Å². The number of amides is 4. The Kier molecular flexibility index (Phi) is 5.79. The van der Waals surface area contributed by atoms with E-state index >= 15 is 0 Å². The van der Waals surface area contributed by atoms with Crippen LogP contribution in [0.4, 0.5) is 5.69 Å². The van der Waals surface area contributed by atoms with E-state index in [2.05, 4.69) is 5.32 Å². The van der Waals surface area contributed by atoms with E-state index < -0.39 is 5.91 Å². The van der Waals surface area contributed by atoms with Gasteiger partial charge in [0.25, 0.3) is 23.6 Å². The Morgan fingerprint density at radius 3 is 2.27 bits per heavy atom. The molecule has 7 heteroatoms. The Hall–Kier alpha value is -4.26. The van der Waals surface area contributed by atoms with Crippen molar-refractivity contribution < 1.29 is 19.2 Å². The summed E-state index contributed by atoms with van der Waals surface area (Å²) in [7, 11) is 3.10. The molecule has 0 aromatic heterocycles. The van der Waals surface area contributed by atoms with Crippen molar-refractivity contribution in [2.45, 2.75) is 13.0 Å². The lowest BCUT2D eigenvalue weighted by atomic mass is 10.0. The maximum atomic E-state index is 13.1. The van der Waals surface area contributed by atoms with Crippen molar-refractivity contribution in [3.63, 3.8) is 0 Å². The molecule has 4 amide bonds. The molecule has 0 unspecified atom stereocenters. The highest BCUT2D eigenvalue weighted by molar-refractivity contribution is 6.21. The predicted octanol–water partition coefficient (Wildman–Crippen LogP) is 4.00. The number of hydrogen-bond donors (Lipinski definition) is 1. The van der Waals surface area contributed by atoms with Gasteiger partial charge >= 0.3 is 0 Å². The molecule has 3 aromatic rings. The molecule has 1 N–H and O–H groups in total. The third kappa shape index (κ3) is 4.13. The van der Waals surface area contributed by atoms with Crippen LogP contribution < -0.4 is 5.32 Å². The highest BCUT2D eigenvalue weighted by Crippen LogP contribution is 2.26. The molecule has 0 radical (unpaired) electrons. The van der Waals surface area contributed by atoms with Crippen LogP contribution in [0.5, 0.6) is 0 Å². The summed E-state index contributed by atoms with van der Waals surface area (Å²) in [5, 5.41) is 2.88. The van der Waals surface area contributed by atoms with Crippen LogP contribution >= 0.6 is 0 Å². The summed E-state index contributed by atoms with van der Waals surface area (Å²) in [5.74, 6) is -1.28. The maximum absolute atomic E-state index is 13.1. The zero-order valence-electron chi connectivity index (χ0n) is 18.5. The van der Waals surface area contributed by atoms with Crippen LogP contribution in [0, 0.1) is 0 Å². The number of fused-ring (bicyclic) bond motifs is 1. The molecule has 0 spiro atoms. The number of rotatable bonds is 5. The molecule has 1 aliphatic rings. The fourth-order valence-corrected chi connectivity index (χ4v) is 3.77. The van der Waals surface area contributed by atoms with E-state index in [1.807, 2.05) is 31.2 Å². The molecule has 1 heterocycles. The maximum Gasteiger partial charge on any atom is 0.261 e. The lowest BCUT2D eigenvalue weighted by Crippen LogP contribution is -2.30. The second kappa shape index (κ2) is 8.70. The first-order valence-corrected chi connectivity index (χ1v) is 10.5. The highest BCUT2D eigenvalue weighted by atomic mass is 16.2. The molecule has 1 aliphatic heterocycles. The van der Waals surface area contributed by atoms with Gasteiger partial charge in [0, 0.05) is 30.9 Å². The quantitative estimate of drug-likeness (QED) is 0.607. The zero-order valence-corrected chi connectivity index (χ0v) is 18.5. The number of hydrogen-bond acceptors (Lipinski definition) is 4. The highest BCUT2D eigenvalue weighted by Gasteiger charge is 2.33. The van der Waals surface area contributed by atoms with E-state index in [0.29, 0.717) is 22.4 Å². The molecular formula is C26H23N3O4. The summed E-state index contributed by atoms with van der Waals surface area (Å²) >= 11 is 0. The minimum atomic E-state index is -0.415. The van der Waals surface area contributed by atoms with Gasteiger partial charge in [0.2, 0.25) is 0 Å². The van der Waals surface area contributed by atoms with Crippen LogP contribution in [0.1, 0.15) is 60.0 Å². The molecule has 4 rings (SSSR count). The summed E-state index contributed by atoms with van der Waals surface area (Å²) < 4.78 is 0. The summed E-state index contributed by atoms with van der Waals surface area (Å²) in [5.41, 5.74) is 2.88. The molecule has 3 aromatic carbocycles. The van der Waals surface area contributed by atoms with Crippen molar-refractivity contribution in [2.24, 2.45) is 0 Å². The van der Waals surface area contributed by atoms with E-state index in [1.54, 1.807) is 48.3 Å². The number of anilines is 1. The predicted molar refractivity (Wildman–Crippen MR) is 124 cm³/mol. The Balaban J connectivity index is 1.52. The van der Waals surface area contributed by atoms with Crippen LogP contribution in [0.25, 0.3) is 0 Å². The second-order valence-electron chi connectivity index (χ2n) is 7.97. The number of imide groups is 1. The number of carbonyl (C=O) groups excluding carboxylic acids is 4. The zero-order chi connectivity index (χ0) is 23.7. The van der Waals surface area contributed by atoms with Crippen molar-refractivity contribution in [1.82, 2.24) is 9.80 Å². The number of nitrogens with one attached hydrogen (secondary N) is 1. The van der Waals surface area contributed by atoms with Crippen molar-refractivity contribution in [3.8, 4) is 0 Å². The first-order valence-electron chi connectivity index (χ1n) is 10.5. The van der Waals surface area contributed by atoms with E-state index in [9.17, 15) is 19.2 Å². The van der Waals surface area contributed by atoms with Crippen molar-refractivity contribution in [2.75, 3.05) is 19.4 Å². The molecule has 0 bridgehead atoms. The SMILES string of the molecule is C[C@@H](c1cccc(NC(=O)c2ccccc2)c1)N(C)C(=O)c1ccc2c(c1)C(=O)N(C)C2=O. The Morgan fingerprint density at radius 2 is 1.55 bits per heavy atom. The first kappa shape index (κ1) is 22.0. The van der Waals surface area contributed by atoms with Crippen LogP contribution in [-0.4, -0.2) is 47.5 Å². The van der Waals surface area contributed by atoms with Gasteiger partial charge in [-0.25, -0.2) is 0 Å². The number of carbonyl (C=O) groups is 4. The minimum Gasteiger partial charge on any atom is -0.335 e. The summed E-state index contributed by atoms with van der Waals surface area (Å²) in [6, 6.07) is 20.5. The molecule has 0 saturated carbocycles. The van der Waals surface area contributed by atoms with Crippen LogP contribution in [0.15, 0.2) is 72.8 Å². The molecule has 0 aliphatic carbocycles. The van der Waals surface area contributed by atoms with Crippen LogP contribution in [0.2, 0.25) is 0 Å². The van der Waals surface area contributed by atoms with Gasteiger partial charge < -0.3 is 10.2 Å². The second-order valence-corrected chi connectivity index (χ2v) is 7.97. The van der Waals surface area contributed by atoms with E-state index in [4.69, 9.17) is 0 Å². The van der Waals surface area contributed by atoms with E-state index in [-0.39, 0.29) is 29.3 Å². The minimum absolute atomic E-state index is 0.216. The normalized spacial score (nSPS) is 13.5. The first-order chi connectivity index (χ1) is 15.8. The summed E-state index contributed by atoms with van der Waals surface area (Å²) in [6.07, 6.45) is 0. The molecule has 7 nitrogen and oxygen atoms in total. The average molecular weight is 441 g/mol. The Labute approximate surface area is 191 Å². The van der Waals surface area contributed by atoms with Gasteiger partial charge in [0.1, 0.15) is 0 Å². The number of benzene rings is 3. The van der Waals surface area contributed by atoms with E-state index in [1.165, 1.54) is 19.2 Å². The fraction of sp³-hybridized carbons (Fsp3) is 0.154. The van der Waals surface area contributed by atoms with Gasteiger partial charge in [-0.1, -0.05) is 30.3 Å². The van der Waals surface area contributed by atoms with Gasteiger partial charge in [0.05, 0.1) is 17.2 Å². The Morgan fingerprint density at radius 1 is 0.848 bits per heavy atom. The van der Waals surface area contributed by atoms with Gasteiger partial charge in [-0.3, -0.25) is 24.1 Å². The Bertz CT molecular complexity index is 1270. The molecular weight excluding hydrogens is 418 g/mol. The van der Waals surface area contributed by atoms with Gasteiger partial charge in [-0.05, 0) is 55.0 Å². The van der Waals surface area contributed by atoms with E-state index in [0.717, 1.165) is 10.5 Å². The topological polar surface area (TPSA) is 86.8 Å². The monoisotopic (exact) mass is 441 g/mol. The van der Waals surface area contributed by atoms with Gasteiger partial charge in [-0.15, -0.1) is 0 Å². The van der Waals surface area contributed by atoms with Gasteiger partial charge in [-0.2, -0.15) is 0 Å². The lowest BCUT2D eigenvalue weighted by Gasteiger charge is -2.26. The summed E-state index contributed by atoms with van der Waals surface area (Å²) in [6.45, 7) is 1.88. The smallest absolute Gasteiger partial charge is 0.261 e. The fourth-order valence-electron chi connectivity index (χ4n) is 3.77. The van der Waals surface area contributed by atoms with Crippen molar-refractivity contribution >= 4 is 29.3 Å². The largest absolute Gasteiger partial charge is 0.335 e. The standard InChI is InChI=1S/C26H23N3O4/c1-16(18-10-7-11-20(14-18)27-23(30)17-8-5-4-6-9-17)28(2)24(31)19-12-13-21-22(15-19)26(33)29(3)25(21)32/h4-16H,1-3H3,(H,27,30)/t16-/m0/s1. The molecule has 33 heavy (non-hydrogen) atoms. The molecule has 166 valence electrons. The lowest BCUT2D eigenvalue weighted by molar-refractivity contribution is 0.0691. The van der Waals surface area contributed by atoms with Gasteiger partial charge in [0.15, 0.2) is 0 Å². The molecule has 0 fully saturated rings. The molecule has 0 saturated heterocycles. The van der Waals surface area contributed by atoms with Crippen molar-refractivity contribution in [3.05, 3.63) is 101 Å². The third-order valence-corrected chi connectivity index (χ3v) is 5.90. The average Bonchev–Trinajstić information content (AvgIpc) is 3.06. The van der Waals surface area contributed by atoms with Crippen LogP contribution in [0.3, 0.4) is 0 Å². The third-order valence-electron chi connectivity index (χ3n) is 5.90. The number of nitrogens with zero attached hydrogens (tertiary/aromatic N) is 2. The molecule has 1 atom stereocenters. The summed E-state index contributed by atoms with van der Waals surface area (Å²) in [4.78, 5) is 52.6. The van der Waals surface area contributed by atoms with Crippen LogP contribution in [-0.2, 0) is 0 Å².